The number of nitriles is 1. The zero-order valence-electron chi connectivity index (χ0n) is 14.5. The van der Waals surface area contributed by atoms with Gasteiger partial charge in [0.05, 0.1) is 12.0 Å². The Morgan fingerprint density at radius 3 is 2.52 bits per heavy atom. The Hall–Kier alpha value is -3.41. The minimum absolute atomic E-state index is 0.0235. The molecule has 1 aromatic carbocycles. The third-order valence-corrected chi connectivity index (χ3v) is 3.59. The molecular formula is C18H15F3N4O2. The molecule has 140 valence electrons. The van der Waals surface area contributed by atoms with E-state index in [1.54, 1.807) is 6.07 Å². The van der Waals surface area contributed by atoms with Gasteiger partial charge in [0.25, 0.3) is 0 Å². The van der Waals surface area contributed by atoms with Crippen LogP contribution in [0.25, 0.3) is 0 Å². The molecule has 0 radical (unpaired) electrons. The summed E-state index contributed by atoms with van der Waals surface area (Å²) in [5.74, 6) is -1.34. The van der Waals surface area contributed by atoms with Crippen molar-refractivity contribution in [1.82, 2.24) is 4.98 Å². The molecule has 0 aliphatic carbocycles. The van der Waals surface area contributed by atoms with E-state index in [-0.39, 0.29) is 22.6 Å². The summed E-state index contributed by atoms with van der Waals surface area (Å²) in [5.41, 5.74) is -0.869. The van der Waals surface area contributed by atoms with Gasteiger partial charge in [0.2, 0.25) is 5.91 Å². The molecule has 0 aliphatic rings. The predicted octanol–water partition coefficient (Wildman–Crippen LogP) is 3.25. The number of benzene rings is 1. The number of anilines is 2. The number of nitrogens with one attached hydrogen (secondary N) is 1. The maximum absolute atomic E-state index is 13.2. The number of hydrogen-bond donors (Lipinski definition) is 1. The third-order valence-electron chi connectivity index (χ3n) is 3.59. The highest BCUT2D eigenvalue weighted by atomic mass is 19.4. The number of amides is 1. The summed E-state index contributed by atoms with van der Waals surface area (Å²) in [4.78, 5) is 29.2. The number of alkyl halides is 3. The third kappa shape index (κ3) is 5.04. The first-order chi connectivity index (χ1) is 12.6. The monoisotopic (exact) mass is 376 g/mol. The van der Waals surface area contributed by atoms with E-state index in [0.29, 0.717) is 0 Å². The largest absolute Gasteiger partial charge is 0.418 e. The van der Waals surface area contributed by atoms with E-state index in [0.717, 1.165) is 6.07 Å². The molecule has 0 unspecified atom stereocenters. The van der Waals surface area contributed by atoms with Crippen molar-refractivity contribution in [3.05, 3.63) is 53.3 Å². The standard InChI is InChI=1S/C18H15F3N4O2/c1-25(2)15-4-3-12(8-14(15)18(19,20)21)24-17(27)9-16(26)11-5-6-23-13(7-11)10-22/h3-8H,9H2,1-2H3,(H,24,27). The van der Waals surface area contributed by atoms with Crippen LogP contribution in [-0.2, 0) is 11.0 Å². The number of hydrogen-bond acceptors (Lipinski definition) is 5. The highest BCUT2D eigenvalue weighted by Crippen LogP contribution is 2.37. The fourth-order valence-electron chi connectivity index (χ4n) is 2.35. The number of aromatic nitrogens is 1. The van der Waals surface area contributed by atoms with Gasteiger partial charge in [-0.1, -0.05) is 0 Å². The smallest absolute Gasteiger partial charge is 0.377 e. The van der Waals surface area contributed by atoms with E-state index in [9.17, 15) is 22.8 Å². The van der Waals surface area contributed by atoms with Crippen LogP contribution in [0.2, 0.25) is 0 Å². The Bertz CT molecular complexity index is 918. The Balaban J connectivity index is 2.16. The molecule has 2 aromatic rings. The van der Waals surface area contributed by atoms with Crippen molar-refractivity contribution < 1.29 is 22.8 Å². The zero-order chi connectivity index (χ0) is 20.2. The van der Waals surface area contributed by atoms with Crippen LogP contribution < -0.4 is 10.2 Å². The Morgan fingerprint density at radius 2 is 1.93 bits per heavy atom. The molecule has 0 fully saturated rings. The maximum atomic E-state index is 13.2. The molecule has 0 bridgehead atoms. The summed E-state index contributed by atoms with van der Waals surface area (Å²) >= 11 is 0. The van der Waals surface area contributed by atoms with Crippen molar-refractivity contribution in [2.24, 2.45) is 0 Å². The van der Waals surface area contributed by atoms with E-state index in [1.807, 2.05) is 0 Å². The number of halogens is 3. The van der Waals surface area contributed by atoms with Crippen LogP contribution in [0.3, 0.4) is 0 Å². The van der Waals surface area contributed by atoms with Crippen LogP contribution in [0.5, 0.6) is 0 Å². The normalized spacial score (nSPS) is 10.8. The minimum Gasteiger partial charge on any atom is -0.377 e. The van der Waals surface area contributed by atoms with Crippen LogP contribution in [-0.4, -0.2) is 30.8 Å². The van der Waals surface area contributed by atoms with Crippen LogP contribution in [0, 0.1) is 11.3 Å². The molecule has 0 aliphatic heterocycles. The molecule has 0 saturated carbocycles. The van der Waals surface area contributed by atoms with Crippen LogP contribution in [0.1, 0.15) is 28.0 Å². The zero-order valence-corrected chi connectivity index (χ0v) is 14.5. The second-order valence-electron chi connectivity index (χ2n) is 5.81. The molecule has 27 heavy (non-hydrogen) atoms. The van der Waals surface area contributed by atoms with Gasteiger partial charge in [0.1, 0.15) is 11.8 Å². The minimum atomic E-state index is -4.60. The first-order valence-corrected chi connectivity index (χ1v) is 7.69. The number of pyridine rings is 1. The first-order valence-electron chi connectivity index (χ1n) is 7.69. The predicted molar refractivity (Wildman–Crippen MR) is 92.3 cm³/mol. The molecule has 2 rings (SSSR count). The van der Waals surface area contributed by atoms with Crippen molar-refractivity contribution in [3.8, 4) is 6.07 Å². The summed E-state index contributed by atoms with van der Waals surface area (Å²) < 4.78 is 39.6. The topological polar surface area (TPSA) is 86.1 Å². The molecule has 1 N–H and O–H groups in total. The summed E-state index contributed by atoms with van der Waals surface area (Å²) in [7, 11) is 2.96. The van der Waals surface area contributed by atoms with Crippen LogP contribution >= 0.6 is 0 Å². The highest BCUT2D eigenvalue weighted by Gasteiger charge is 2.34. The number of rotatable bonds is 5. The summed E-state index contributed by atoms with van der Waals surface area (Å²) in [6, 6.07) is 7.75. The lowest BCUT2D eigenvalue weighted by Crippen LogP contribution is -2.19. The number of nitrogens with zero attached hydrogens (tertiary/aromatic N) is 3. The number of ketones is 1. The first kappa shape index (κ1) is 19.9. The van der Waals surface area contributed by atoms with Crippen molar-refractivity contribution in [3.63, 3.8) is 0 Å². The van der Waals surface area contributed by atoms with E-state index < -0.39 is 29.9 Å². The lowest BCUT2D eigenvalue weighted by molar-refractivity contribution is -0.137. The van der Waals surface area contributed by atoms with Crippen molar-refractivity contribution in [2.45, 2.75) is 12.6 Å². The SMILES string of the molecule is CN(C)c1ccc(NC(=O)CC(=O)c2ccnc(C#N)c2)cc1C(F)(F)F. The molecule has 1 amide bonds. The lowest BCUT2D eigenvalue weighted by Gasteiger charge is -2.20. The highest BCUT2D eigenvalue weighted by molar-refractivity contribution is 6.11. The lowest BCUT2D eigenvalue weighted by atomic mass is 10.1. The number of carbonyl (C=O) groups excluding carboxylic acids is 2. The molecule has 9 heteroatoms. The number of carbonyl (C=O) groups is 2. The van der Waals surface area contributed by atoms with Gasteiger partial charge < -0.3 is 10.2 Å². The summed E-state index contributed by atoms with van der Waals surface area (Å²) in [5, 5.41) is 11.1. The van der Waals surface area contributed by atoms with Crippen molar-refractivity contribution >= 4 is 23.1 Å². The fourth-order valence-corrected chi connectivity index (χ4v) is 2.35. The molecule has 0 atom stereocenters. The van der Waals surface area contributed by atoms with Gasteiger partial charge in [-0.3, -0.25) is 9.59 Å². The molecule has 1 aromatic heterocycles. The molecule has 6 nitrogen and oxygen atoms in total. The summed E-state index contributed by atoms with van der Waals surface area (Å²) in [6.07, 6.45) is -3.91. The average Bonchev–Trinajstić information content (AvgIpc) is 2.60. The van der Waals surface area contributed by atoms with Gasteiger partial charge in [-0.25, -0.2) is 4.98 Å². The van der Waals surface area contributed by atoms with Crippen molar-refractivity contribution in [1.29, 1.82) is 5.26 Å². The van der Waals surface area contributed by atoms with Crippen molar-refractivity contribution in [2.75, 3.05) is 24.3 Å². The van der Waals surface area contributed by atoms with Gasteiger partial charge in [-0.05, 0) is 30.3 Å². The Labute approximate surface area is 153 Å². The Kier molecular flexibility index (Phi) is 5.80. The van der Waals surface area contributed by atoms with E-state index >= 15 is 0 Å². The molecule has 0 spiro atoms. The Morgan fingerprint density at radius 1 is 1.22 bits per heavy atom. The van der Waals surface area contributed by atoms with E-state index in [1.165, 1.54) is 49.5 Å². The van der Waals surface area contributed by atoms with Gasteiger partial charge in [-0.15, -0.1) is 0 Å². The quantitative estimate of drug-likeness (QED) is 0.640. The second kappa shape index (κ2) is 7.86. The van der Waals surface area contributed by atoms with E-state index in [2.05, 4.69) is 10.3 Å². The molecule has 0 saturated heterocycles. The van der Waals surface area contributed by atoms with Crippen LogP contribution in [0.4, 0.5) is 24.5 Å². The molecule has 1 heterocycles. The fraction of sp³-hybridized carbons (Fsp3) is 0.222. The maximum Gasteiger partial charge on any atom is 0.418 e. The van der Waals surface area contributed by atoms with Crippen LogP contribution in [0.15, 0.2) is 36.5 Å². The van der Waals surface area contributed by atoms with E-state index in [4.69, 9.17) is 5.26 Å². The van der Waals surface area contributed by atoms with Gasteiger partial charge in [0, 0.05) is 37.2 Å². The molecular weight excluding hydrogens is 361 g/mol. The summed E-state index contributed by atoms with van der Waals surface area (Å²) in [6.45, 7) is 0. The second-order valence-corrected chi connectivity index (χ2v) is 5.81. The average molecular weight is 376 g/mol. The number of Topliss-reactive ketones (excluding diaryl/α,β-unsaturated/α-hetero) is 1. The van der Waals surface area contributed by atoms with Gasteiger partial charge >= 0.3 is 6.18 Å². The van der Waals surface area contributed by atoms with Gasteiger partial charge in [-0.2, -0.15) is 18.4 Å². The van der Waals surface area contributed by atoms with Gasteiger partial charge in [0.15, 0.2) is 5.78 Å².